The lowest BCUT2D eigenvalue weighted by molar-refractivity contribution is 0.0942. The lowest BCUT2D eigenvalue weighted by Crippen LogP contribution is -2.35. The van der Waals surface area contributed by atoms with Crippen LogP contribution in [0.2, 0.25) is 0 Å². The molecule has 2 heterocycles. The second-order valence-corrected chi connectivity index (χ2v) is 6.94. The van der Waals surface area contributed by atoms with E-state index >= 15 is 0 Å². The largest absolute Gasteiger partial charge is 0.348 e. The number of H-pyrrole nitrogens is 1. The lowest BCUT2D eigenvalue weighted by Gasteiger charge is -2.11. The molecule has 0 spiro atoms. The predicted molar refractivity (Wildman–Crippen MR) is 70.6 cm³/mol. The van der Waals surface area contributed by atoms with Crippen molar-refractivity contribution < 1.29 is 13.2 Å². The van der Waals surface area contributed by atoms with E-state index in [0.717, 1.165) is 5.39 Å². The summed E-state index contributed by atoms with van der Waals surface area (Å²) in [6, 6.07) is 5.03. The number of aromatic amines is 1. The van der Waals surface area contributed by atoms with Crippen molar-refractivity contribution in [2.24, 2.45) is 0 Å². The van der Waals surface area contributed by atoms with Crippen LogP contribution in [0.5, 0.6) is 0 Å². The summed E-state index contributed by atoms with van der Waals surface area (Å²) < 4.78 is 22.7. The Morgan fingerprint density at radius 2 is 2.26 bits per heavy atom. The minimum Gasteiger partial charge on any atom is -0.348 e. The smallest absolute Gasteiger partial charge is 0.253 e. The molecule has 1 aliphatic heterocycles. The van der Waals surface area contributed by atoms with E-state index in [1.807, 2.05) is 6.07 Å². The molecule has 0 saturated carbocycles. The van der Waals surface area contributed by atoms with E-state index < -0.39 is 9.84 Å². The highest BCUT2D eigenvalue weighted by Gasteiger charge is 2.29. The summed E-state index contributed by atoms with van der Waals surface area (Å²) in [5.41, 5.74) is 1.15. The van der Waals surface area contributed by atoms with Crippen LogP contribution in [0.3, 0.4) is 0 Å². The van der Waals surface area contributed by atoms with E-state index in [-0.39, 0.29) is 23.5 Å². The minimum atomic E-state index is -2.99. The molecule has 3 rings (SSSR count). The number of nitrogens with one attached hydrogen (secondary N) is 2. The Morgan fingerprint density at radius 3 is 3.00 bits per heavy atom. The molecule has 0 bridgehead atoms. The van der Waals surface area contributed by atoms with Crippen LogP contribution < -0.4 is 5.32 Å². The van der Waals surface area contributed by atoms with Gasteiger partial charge in [0.25, 0.3) is 5.91 Å². The molecule has 2 aromatic rings. The molecule has 19 heavy (non-hydrogen) atoms. The molecule has 7 heteroatoms. The van der Waals surface area contributed by atoms with Crippen LogP contribution in [0.1, 0.15) is 16.8 Å². The van der Waals surface area contributed by atoms with Gasteiger partial charge >= 0.3 is 0 Å². The molecule has 1 atom stereocenters. The third-order valence-corrected chi connectivity index (χ3v) is 5.06. The van der Waals surface area contributed by atoms with Gasteiger partial charge in [-0.3, -0.25) is 9.89 Å². The van der Waals surface area contributed by atoms with E-state index in [4.69, 9.17) is 0 Å². The van der Waals surface area contributed by atoms with Crippen LogP contribution in [0.15, 0.2) is 24.4 Å². The monoisotopic (exact) mass is 279 g/mol. The molecule has 0 radical (unpaired) electrons. The number of carbonyl (C=O) groups excluding carboxylic acids is 1. The van der Waals surface area contributed by atoms with Crippen LogP contribution in [-0.4, -0.2) is 42.1 Å². The van der Waals surface area contributed by atoms with Gasteiger partial charge in [0.1, 0.15) is 0 Å². The van der Waals surface area contributed by atoms with Crippen LogP contribution >= 0.6 is 0 Å². The van der Waals surface area contributed by atoms with Gasteiger partial charge in [-0.05, 0) is 12.5 Å². The quantitative estimate of drug-likeness (QED) is 0.836. The molecule has 1 aromatic carbocycles. The molecular weight excluding hydrogens is 266 g/mol. The highest BCUT2D eigenvalue weighted by atomic mass is 32.2. The van der Waals surface area contributed by atoms with Crippen molar-refractivity contribution in [2.45, 2.75) is 12.5 Å². The molecule has 0 unspecified atom stereocenters. The van der Waals surface area contributed by atoms with Gasteiger partial charge in [0.05, 0.1) is 28.8 Å². The Morgan fingerprint density at radius 1 is 1.42 bits per heavy atom. The predicted octanol–water partition coefficient (Wildman–Crippen LogP) is 0.480. The summed E-state index contributed by atoms with van der Waals surface area (Å²) >= 11 is 0. The van der Waals surface area contributed by atoms with Crippen molar-refractivity contribution in [1.82, 2.24) is 15.5 Å². The second-order valence-electron chi connectivity index (χ2n) is 4.71. The van der Waals surface area contributed by atoms with E-state index in [1.165, 1.54) is 0 Å². The zero-order chi connectivity index (χ0) is 13.5. The van der Waals surface area contributed by atoms with Gasteiger partial charge in [-0.25, -0.2) is 8.42 Å². The topological polar surface area (TPSA) is 91.9 Å². The number of para-hydroxylation sites is 1. The third kappa shape index (κ3) is 2.33. The number of benzene rings is 1. The van der Waals surface area contributed by atoms with Gasteiger partial charge in [-0.2, -0.15) is 5.10 Å². The lowest BCUT2D eigenvalue weighted by atomic mass is 10.1. The maximum absolute atomic E-state index is 12.2. The van der Waals surface area contributed by atoms with Crippen molar-refractivity contribution >= 4 is 26.6 Å². The molecule has 6 nitrogen and oxygen atoms in total. The fourth-order valence-corrected chi connectivity index (χ4v) is 4.00. The summed E-state index contributed by atoms with van der Waals surface area (Å²) in [4.78, 5) is 12.2. The SMILES string of the molecule is O=C(N[C@@H]1CCS(=O)(=O)C1)c1cccc2cn[nH]c12. The second kappa shape index (κ2) is 4.34. The number of amides is 1. The highest BCUT2D eigenvalue weighted by molar-refractivity contribution is 7.91. The fraction of sp³-hybridized carbons (Fsp3) is 0.333. The van der Waals surface area contributed by atoms with Crippen molar-refractivity contribution in [2.75, 3.05) is 11.5 Å². The van der Waals surface area contributed by atoms with E-state index in [0.29, 0.717) is 17.5 Å². The summed E-state index contributed by atoms with van der Waals surface area (Å²) in [5.74, 6) is -0.0962. The van der Waals surface area contributed by atoms with Crippen molar-refractivity contribution in [3.05, 3.63) is 30.0 Å². The van der Waals surface area contributed by atoms with Gasteiger partial charge < -0.3 is 5.32 Å². The first kappa shape index (κ1) is 12.2. The number of carbonyl (C=O) groups is 1. The van der Waals surface area contributed by atoms with Gasteiger partial charge in [-0.15, -0.1) is 0 Å². The molecule has 2 N–H and O–H groups in total. The average Bonchev–Trinajstić information content (AvgIpc) is 2.94. The number of fused-ring (bicyclic) bond motifs is 1. The Bertz CT molecular complexity index is 736. The van der Waals surface area contributed by atoms with Crippen LogP contribution in [0.25, 0.3) is 10.9 Å². The maximum atomic E-state index is 12.2. The number of hydrogen-bond acceptors (Lipinski definition) is 4. The third-order valence-electron chi connectivity index (χ3n) is 3.29. The van der Waals surface area contributed by atoms with Gasteiger partial charge in [-0.1, -0.05) is 12.1 Å². The van der Waals surface area contributed by atoms with Crippen molar-refractivity contribution in [1.29, 1.82) is 0 Å². The first-order chi connectivity index (χ1) is 9.05. The molecule has 0 aliphatic carbocycles. The average molecular weight is 279 g/mol. The molecule has 1 aromatic heterocycles. The van der Waals surface area contributed by atoms with E-state index in [2.05, 4.69) is 15.5 Å². The molecule has 1 saturated heterocycles. The summed E-state index contributed by atoms with van der Waals surface area (Å²) in [5, 5.41) is 10.3. The number of hydrogen-bond donors (Lipinski definition) is 2. The van der Waals surface area contributed by atoms with Crippen molar-refractivity contribution in [3.63, 3.8) is 0 Å². The standard InChI is InChI=1S/C12H13N3O3S/c16-12(14-9-4-5-19(17,18)7-9)10-3-1-2-8-6-13-15-11(8)10/h1-3,6,9H,4-5,7H2,(H,13,15)(H,14,16)/t9-/m1/s1. The number of nitrogens with zero attached hydrogens (tertiary/aromatic N) is 1. The minimum absolute atomic E-state index is 0.0255. The maximum Gasteiger partial charge on any atom is 0.253 e. The van der Waals surface area contributed by atoms with E-state index in [9.17, 15) is 13.2 Å². The molecule has 1 fully saturated rings. The summed E-state index contributed by atoms with van der Waals surface area (Å²) in [7, 11) is -2.99. The highest BCUT2D eigenvalue weighted by Crippen LogP contribution is 2.17. The molecule has 1 aliphatic rings. The summed E-state index contributed by atoms with van der Waals surface area (Å²) in [6.45, 7) is 0. The number of rotatable bonds is 2. The Kier molecular flexibility index (Phi) is 2.78. The van der Waals surface area contributed by atoms with E-state index in [1.54, 1.807) is 18.3 Å². The molecule has 100 valence electrons. The van der Waals surface area contributed by atoms with Crippen LogP contribution in [0, 0.1) is 0 Å². The normalized spacial score (nSPS) is 21.6. The van der Waals surface area contributed by atoms with Gasteiger partial charge in [0.15, 0.2) is 9.84 Å². The number of aromatic nitrogens is 2. The molecule has 1 amide bonds. The van der Waals surface area contributed by atoms with Crippen LogP contribution in [-0.2, 0) is 9.84 Å². The van der Waals surface area contributed by atoms with Gasteiger partial charge in [0.2, 0.25) is 0 Å². The van der Waals surface area contributed by atoms with Crippen LogP contribution in [0.4, 0.5) is 0 Å². The Balaban J connectivity index is 1.83. The molecular formula is C12H13N3O3S. The first-order valence-electron chi connectivity index (χ1n) is 5.98. The Hall–Kier alpha value is -1.89. The van der Waals surface area contributed by atoms with Crippen molar-refractivity contribution in [3.8, 4) is 0 Å². The Labute approximate surface area is 110 Å². The summed E-state index contributed by atoms with van der Waals surface area (Å²) in [6.07, 6.45) is 2.12. The van der Waals surface area contributed by atoms with Gasteiger partial charge in [0, 0.05) is 11.4 Å². The zero-order valence-electron chi connectivity index (χ0n) is 10.1. The first-order valence-corrected chi connectivity index (χ1v) is 7.81. The number of sulfone groups is 1. The fourth-order valence-electron chi connectivity index (χ4n) is 2.33. The zero-order valence-corrected chi connectivity index (χ0v) is 10.9.